The molecule has 0 atom stereocenters. The summed E-state index contributed by atoms with van der Waals surface area (Å²) in [7, 11) is -5.42. The van der Waals surface area contributed by atoms with E-state index in [1.165, 1.54) is 0 Å². The van der Waals surface area contributed by atoms with Crippen LogP contribution >= 0.6 is 0 Å². The van der Waals surface area contributed by atoms with Crippen molar-refractivity contribution in [1.82, 2.24) is 0 Å². The minimum Gasteiger partial charge on any atom is -0.722 e. The molecule has 92 valence electrons. The van der Waals surface area contributed by atoms with Gasteiger partial charge in [-0.15, -0.1) is 3.89 Å². The Morgan fingerprint density at radius 3 is 2.59 bits per heavy atom. The first-order chi connectivity index (χ1) is 7.88. The van der Waals surface area contributed by atoms with Crippen molar-refractivity contribution in [2.75, 3.05) is 6.61 Å². The Morgan fingerprint density at radius 1 is 1.35 bits per heavy atom. The molecular formula is C9H8FNO5S. The third kappa shape index (κ3) is 5.18. The van der Waals surface area contributed by atoms with Gasteiger partial charge in [0.25, 0.3) is 15.4 Å². The Morgan fingerprint density at radius 2 is 1.94 bits per heavy atom. The molecule has 0 aromatic heterocycles. The summed E-state index contributed by atoms with van der Waals surface area (Å²) in [6, 6.07) is 7.32. The molecule has 1 aromatic carbocycles. The highest BCUT2D eigenvalue weighted by atomic mass is 32.3. The molecule has 0 saturated carbocycles. The van der Waals surface area contributed by atoms with E-state index in [-0.39, 0.29) is 0 Å². The second-order valence-electron chi connectivity index (χ2n) is 2.91. The van der Waals surface area contributed by atoms with E-state index in [1.54, 1.807) is 6.07 Å². The van der Waals surface area contributed by atoms with Crippen LogP contribution in [0.4, 0.5) is 9.57 Å². The number of rotatable bonds is 0. The van der Waals surface area contributed by atoms with Gasteiger partial charge >= 0.3 is 5.69 Å². The number of hydrogen-bond acceptors (Lipinski definition) is 5. The van der Waals surface area contributed by atoms with Gasteiger partial charge in [-0.25, -0.2) is 13.3 Å². The highest BCUT2D eigenvalue weighted by Gasteiger charge is 2.20. The van der Waals surface area contributed by atoms with Crippen LogP contribution in [-0.2, 0) is 15.3 Å². The van der Waals surface area contributed by atoms with Gasteiger partial charge in [-0.1, -0.05) is 12.1 Å². The molecule has 0 amide bonds. The number of nitrogens with zero attached hydrogens (tertiary/aromatic N) is 1. The van der Waals surface area contributed by atoms with Gasteiger partial charge in [-0.3, -0.25) is 0 Å². The molecular weight excluding hydrogens is 253 g/mol. The van der Waals surface area contributed by atoms with Crippen LogP contribution in [0.3, 0.4) is 0 Å². The van der Waals surface area contributed by atoms with Crippen LogP contribution in [0.5, 0.6) is 0 Å². The van der Waals surface area contributed by atoms with Crippen molar-refractivity contribution in [2.45, 2.75) is 0 Å². The van der Waals surface area contributed by atoms with Crippen LogP contribution in [0, 0.1) is 4.91 Å². The molecule has 0 unspecified atom stereocenters. The monoisotopic (exact) mass is 261 g/mol. The van der Waals surface area contributed by atoms with Gasteiger partial charge in [0.05, 0.1) is 10.5 Å². The van der Waals surface area contributed by atoms with Crippen LogP contribution in [-0.4, -0.2) is 24.5 Å². The summed E-state index contributed by atoms with van der Waals surface area (Å²) in [5, 5.41) is 0. The van der Waals surface area contributed by atoms with Crippen LogP contribution < -0.4 is 0 Å². The Kier molecular flexibility index (Phi) is 4.30. The third-order valence-corrected chi connectivity index (χ3v) is 1.72. The highest BCUT2D eigenvalue weighted by molar-refractivity contribution is 7.80. The lowest BCUT2D eigenvalue weighted by atomic mass is 10.2. The molecule has 8 heteroatoms. The summed E-state index contributed by atoms with van der Waals surface area (Å²) in [6.45, 7) is 0.332. The Hall–Kier alpha value is -1.80. The third-order valence-electron chi connectivity index (χ3n) is 1.72. The number of para-hydroxylation sites is 1. The van der Waals surface area contributed by atoms with E-state index in [0.29, 0.717) is 17.2 Å². The summed E-state index contributed by atoms with van der Waals surface area (Å²) in [4.78, 5) is 16.5. The van der Waals surface area contributed by atoms with Gasteiger partial charge in [-0.05, 0) is 18.2 Å². The lowest BCUT2D eigenvalue weighted by Crippen LogP contribution is -2.01. The van der Waals surface area contributed by atoms with Crippen LogP contribution in [0.15, 0.2) is 30.3 Å². The lowest BCUT2D eigenvalue weighted by Gasteiger charge is -1.90. The molecule has 6 nitrogen and oxygen atoms in total. The summed E-state index contributed by atoms with van der Waals surface area (Å²) >= 11 is 0. The molecule has 1 heterocycles. The average Bonchev–Trinajstić information content (AvgIpc) is 2.39. The summed E-state index contributed by atoms with van der Waals surface area (Å²) in [6.07, 6.45) is 3.70. The molecule has 0 aliphatic carbocycles. The maximum Gasteiger partial charge on any atom is 0.323 e. The van der Waals surface area contributed by atoms with E-state index in [0.717, 1.165) is 5.56 Å². The number of benzene rings is 1. The zero-order valence-corrected chi connectivity index (χ0v) is 9.26. The fourth-order valence-corrected chi connectivity index (χ4v) is 1.15. The first kappa shape index (κ1) is 13.3. The van der Waals surface area contributed by atoms with Gasteiger partial charge in [-0.2, -0.15) is 0 Å². The molecule has 0 spiro atoms. The molecule has 0 fully saturated rings. The summed E-state index contributed by atoms with van der Waals surface area (Å²) in [5.41, 5.74) is 1.45. The molecule has 0 N–H and O–H groups in total. The van der Waals surface area contributed by atoms with Crippen molar-refractivity contribution < 1.29 is 26.6 Å². The minimum absolute atomic E-state index is 0.332. The standard InChI is InChI=1S/C9H8NO2.FHO3S/c11-10-9-6-2-1-4-8(9)5-3-7-12-10;1-5(2,3)4/h1-6H,7H2;(H,2,3,4)/q+1;/p-1. The van der Waals surface area contributed by atoms with Crippen LogP contribution in [0.2, 0.25) is 0 Å². The van der Waals surface area contributed by atoms with Gasteiger partial charge in [0.2, 0.25) is 0 Å². The van der Waals surface area contributed by atoms with Gasteiger partial charge in [0.1, 0.15) is 0 Å². The maximum atomic E-state index is 11.2. The van der Waals surface area contributed by atoms with E-state index in [1.807, 2.05) is 30.4 Å². The molecule has 1 aliphatic heterocycles. The minimum atomic E-state index is -5.42. The smallest absolute Gasteiger partial charge is 0.323 e. The van der Waals surface area contributed by atoms with E-state index in [2.05, 4.69) is 0 Å². The van der Waals surface area contributed by atoms with Crippen LogP contribution in [0.1, 0.15) is 5.56 Å². The first-order valence-electron chi connectivity index (χ1n) is 4.39. The zero-order chi connectivity index (χ0) is 12.9. The summed E-state index contributed by atoms with van der Waals surface area (Å²) in [5.74, 6) is 0. The van der Waals surface area contributed by atoms with Gasteiger partial charge < -0.3 is 4.55 Å². The molecule has 17 heavy (non-hydrogen) atoms. The zero-order valence-electron chi connectivity index (χ0n) is 8.45. The van der Waals surface area contributed by atoms with E-state index in [9.17, 15) is 8.79 Å². The average molecular weight is 261 g/mol. The number of halogens is 1. The molecule has 0 radical (unpaired) electrons. The fraction of sp³-hybridized carbons (Fsp3) is 0.111. The molecule has 1 aromatic rings. The maximum absolute atomic E-state index is 11.2. The van der Waals surface area contributed by atoms with E-state index in [4.69, 9.17) is 17.8 Å². The van der Waals surface area contributed by atoms with Crippen molar-refractivity contribution in [3.63, 3.8) is 0 Å². The molecule has 1 aliphatic rings. The Labute approximate surface area is 96.9 Å². The second-order valence-corrected chi connectivity index (χ2v) is 3.69. The van der Waals surface area contributed by atoms with Crippen LogP contribution in [0.25, 0.3) is 6.08 Å². The van der Waals surface area contributed by atoms with E-state index >= 15 is 0 Å². The predicted molar refractivity (Wildman–Crippen MR) is 55.5 cm³/mol. The SMILES string of the molecule is O=S(=O)([O-])F.O=[N+]1OCC=Cc2ccccc21. The lowest BCUT2D eigenvalue weighted by molar-refractivity contribution is -0.742. The van der Waals surface area contributed by atoms with Crippen molar-refractivity contribution in [3.05, 3.63) is 40.8 Å². The topological polar surface area (TPSA) is 86.5 Å². The first-order valence-corrected chi connectivity index (χ1v) is 5.70. The number of hydrogen-bond donors (Lipinski definition) is 0. The van der Waals surface area contributed by atoms with Gasteiger partial charge in [0.15, 0.2) is 6.61 Å². The highest BCUT2D eigenvalue weighted by Crippen LogP contribution is 2.21. The van der Waals surface area contributed by atoms with E-state index < -0.39 is 10.5 Å². The largest absolute Gasteiger partial charge is 0.722 e. The van der Waals surface area contributed by atoms with Crippen molar-refractivity contribution in [3.8, 4) is 0 Å². The molecule has 0 bridgehead atoms. The van der Waals surface area contributed by atoms with Crippen molar-refractivity contribution >= 4 is 22.3 Å². The van der Waals surface area contributed by atoms with Crippen molar-refractivity contribution in [1.29, 1.82) is 0 Å². The second kappa shape index (κ2) is 5.51. The fourth-order valence-electron chi connectivity index (χ4n) is 1.15. The predicted octanol–water partition coefficient (Wildman–Crippen LogP) is 1.47. The van der Waals surface area contributed by atoms with Gasteiger partial charge in [0, 0.05) is 6.07 Å². The Bertz CT molecular complexity index is 532. The van der Waals surface area contributed by atoms with Crippen molar-refractivity contribution in [2.24, 2.45) is 0 Å². The normalized spacial score (nSPS) is 13.9. The summed E-state index contributed by atoms with van der Waals surface area (Å²) < 4.78 is 35.3. The molecule has 2 rings (SSSR count). The number of fused-ring (bicyclic) bond motifs is 1. The quantitative estimate of drug-likeness (QED) is 0.521. The Balaban J connectivity index is 0.000000249. The molecule has 0 saturated heterocycles.